The van der Waals surface area contributed by atoms with Crippen LogP contribution in [0.15, 0.2) is 12.1 Å². The van der Waals surface area contributed by atoms with Gasteiger partial charge in [-0.2, -0.15) is 0 Å². The van der Waals surface area contributed by atoms with E-state index < -0.39 is 17.4 Å². The topological polar surface area (TPSA) is 89.9 Å². The van der Waals surface area contributed by atoms with Crippen LogP contribution in [0.2, 0.25) is 0 Å². The van der Waals surface area contributed by atoms with Crippen LogP contribution in [0.1, 0.15) is 41.5 Å². The van der Waals surface area contributed by atoms with Crippen molar-refractivity contribution in [3.63, 3.8) is 0 Å². The van der Waals surface area contributed by atoms with Crippen LogP contribution < -0.4 is 5.43 Å². The number of hydrazine groups is 1. The average molecular weight is 266 g/mol. The van der Waals surface area contributed by atoms with E-state index in [0.29, 0.717) is 6.29 Å². The van der Waals surface area contributed by atoms with Crippen LogP contribution in [0, 0.1) is 0 Å². The zero-order chi connectivity index (χ0) is 14.8. The Kier molecular flexibility index (Phi) is 4.16. The fourth-order valence-electron chi connectivity index (χ4n) is 1.61. The molecule has 0 radical (unpaired) electrons. The molecule has 0 fully saturated rings. The van der Waals surface area contributed by atoms with E-state index in [0.717, 1.165) is 12.1 Å². The molecule has 1 aromatic carbocycles. The molecule has 1 aromatic rings. The number of nitrogens with one attached hydrogen (secondary N) is 1. The first kappa shape index (κ1) is 15.0. The molecule has 0 unspecified atom stereocenters. The second kappa shape index (κ2) is 5.27. The summed E-state index contributed by atoms with van der Waals surface area (Å²) in [5.74, 6) is -1.37. The number of rotatable bonds is 3. The summed E-state index contributed by atoms with van der Waals surface area (Å²) in [5, 5.41) is 20.0. The van der Waals surface area contributed by atoms with Crippen LogP contribution in [0.25, 0.3) is 0 Å². The minimum absolute atomic E-state index is 0.0165. The fourth-order valence-corrected chi connectivity index (χ4v) is 1.61. The molecule has 0 bridgehead atoms. The van der Waals surface area contributed by atoms with Crippen molar-refractivity contribution in [2.75, 3.05) is 7.05 Å². The molecule has 0 spiro atoms. The van der Waals surface area contributed by atoms with Gasteiger partial charge in [-0.15, -0.1) is 0 Å². The lowest BCUT2D eigenvalue weighted by Gasteiger charge is -2.28. The summed E-state index contributed by atoms with van der Waals surface area (Å²) in [4.78, 5) is 23.1. The summed E-state index contributed by atoms with van der Waals surface area (Å²) < 4.78 is 0. The maximum Gasteiger partial charge on any atom is 0.268 e. The molecule has 104 valence electrons. The number of nitrogens with zero attached hydrogens (tertiary/aromatic N) is 1. The molecule has 6 heteroatoms. The van der Waals surface area contributed by atoms with Crippen molar-refractivity contribution in [1.29, 1.82) is 0 Å². The van der Waals surface area contributed by atoms with Gasteiger partial charge >= 0.3 is 0 Å². The van der Waals surface area contributed by atoms with Gasteiger partial charge in [-0.3, -0.25) is 14.6 Å². The van der Waals surface area contributed by atoms with E-state index in [-0.39, 0.29) is 16.7 Å². The Balaban J connectivity index is 3.12. The predicted molar refractivity (Wildman–Crippen MR) is 70.1 cm³/mol. The molecule has 0 aliphatic rings. The highest BCUT2D eigenvalue weighted by Gasteiger charge is 2.21. The molecule has 0 heterocycles. The van der Waals surface area contributed by atoms with Gasteiger partial charge in [0.05, 0.1) is 5.56 Å². The predicted octanol–water partition coefficient (Wildman–Crippen LogP) is 1.29. The zero-order valence-electron chi connectivity index (χ0n) is 11.4. The second-order valence-corrected chi connectivity index (χ2v) is 5.27. The van der Waals surface area contributed by atoms with Gasteiger partial charge in [0.15, 0.2) is 17.8 Å². The van der Waals surface area contributed by atoms with Crippen molar-refractivity contribution in [2.24, 2.45) is 0 Å². The number of aldehydes is 1. The number of aromatic hydroxyl groups is 2. The molecule has 19 heavy (non-hydrogen) atoms. The number of carbonyl (C=O) groups excluding carboxylic acids is 2. The van der Waals surface area contributed by atoms with Crippen molar-refractivity contribution in [1.82, 2.24) is 10.4 Å². The second-order valence-electron chi connectivity index (χ2n) is 5.27. The maximum atomic E-state index is 12.2. The molecule has 0 atom stereocenters. The first-order chi connectivity index (χ1) is 8.65. The van der Waals surface area contributed by atoms with Gasteiger partial charge in [-0.05, 0) is 32.9 Å². The first-order valence-electron chi connectivity index (χ1n) is 5.72. The van der Waals surface area contributed by atoms with E-state index in [1.807, 2.05) is 20.8 Å². The minimum Gasteiger partial charge on any atom is -0.504 e. The molecular formula is C13H18N2O4. The van der Waals surface area contributed by atoms with E-state index in [9.17, 15) is 19.8 Å². The third-order valence-corrected chi connectivity index (χ3v) is 2.31. The molecule has 0 aromatic heterocycles. The van der Waals surface area contributed by atoms with Crippen LogP contribution in [-0.4, -0.2) is 40.0 Å². The third kappa shape index (κ3) is 3.69. The number of hydrogen-bond acceptors (Lipinski definition) is 5. The van der Waals surface area contributed by atoms with E-state index >= 15 is 0 Å². The van der Waals surface area contributed by atoms with Gasteiger partial charge in [0.25, 0.3) is 5.91 Å². The van der Waals surface area contributed by atoms with Crippen molar-refractivity contribution in [2.45, 2.75) is 26.3 Å². The van der Waals surface area contributed by atoms with Gasteiger partial charge in [0.2, 0.25) is 0 Å². The first-order valence-corrected chi connectivity index (χ1v) is 5.72. The Morgan fingerprint density at radius 2 is 1.79 bits per heavy atom. The van der Waals surface area contributed by atoms with Gasteiger partial charge in [0.1, 0.15) is 0 Å². The van der Waals surface area contributed by atoms with Gasteiger partial charge in [-0.25, -0.2) is 5.43 Å². The Morgan fingerprint density at radius 3 is 2.26 bits per heavy atom. The largest absolute Gasteiger partial charge is 0.504 e. The highest BCUT2D eigenvalue weighted by molar-refractivity contribution is 6.02. The number of hydrogen-bond donors (Lipinski definition) is 3. The standard InChI is InChI=1S/C13H18N2O4/c1-13(2,3)14-15(4)12(19)9-6-11(18)10(17)5-8(9)7-16/h5-7,14,17-18H,1-4H3. The highest BCUT2D eigenvalue weighted by atomic mass is 16.3. The van der Waals surface area contributed by atoms with Crippen molar-refractivity contribution in [3.8, 4) is 11.5 Å². The summed E-state index contributed by atoms with van der Waals surface area (Å²) >= 11 is 0. The fraction of sp³-hybridized carbons (Fsp3) is 0.385. The van der Waals surface area contributed by atoms with Crippen molar-refractivity contribution < 1.29 is 19.8 Å². The van der Waals surface area contributed by atoms with Gasteiger partial charge < -0.3 is 10.2 Å². The van der Waals surface area contributed by atoms with Gasteiger partial charge in [-0.1, -0.05) is 0 Å². The lowest BCUT2D eigenvalue weighted by Crippen LogP contribution is -2.50. The van der Waals surface area contributed by atoms with Crippen LogP contribution in [0.3, 0.4) is 0 Å². The Morgan fingerprint density at radius 1 is 1.26 bits per heavy atom. The van der Waals surface area contributed by atoms with E-state index in [1.165, 1.54) is 12.1 Å². The molecule has 1 rings (SSSR count). The van der Waals surface area contributed by atoms with Crippen LogP contribution >= 0.6 is 0 Å². The van der Waals surface area contributed by atoms with Gasteiger partial charge in [0, 0.05) is 18.2 Å². The molecule has 1 amide bonds. The normalized spacial score (nSPS) is 11.2. The molecular weight excluding hydrogens is 248 g/mol. The van der Waals surface area contributed by atoms with Crippen LogP contribution in [0.4, 0.5) is 0 Å². The summed E-state index contributed by atoms with van der Waals surface area (Å²) in [6.45, 7) is 5.64. The number of amides is 1. The third-order valence-electron chi connectivity index (χ3n) is 2.31. The zero-order valence-corrected chi connectivity index (χ0v) is 11.4. The van der Waals surface area contributed by atoms with Crippen molar-refractivity contribution in [3.05, 3.63) is 23.3 Å². The van der Waals surface area contributed by atoms with E-state index in [2.05, 4.69) is 5.43 Å². The molecule has 0 saturated heterocycles. The minimum atomic E-state index is -0.479. The summed E-state index contributed by atoms with van der Waals surface area (Å²) in [6.07, 6.45) is 0.456. The highest BCUT2D eigenvalue weighted by Crippen LogP contribution is 2.28. The monoisotopic (exact) mass is 266 g/mol. The number of phenols is 2. The number of benzene rings is 1. The van der Waals surface area contributed by atoms with Crippen molar-refractivity contribution >= 4 is 12.2 Å². The number of carbonyl (C=O) groups is 2. The summed E-state index contributed by atoms with van der Waals surface area (Å²) in [6, 6.07) is 2.13. The smallest absolute Gasteiger partial charge is 0.268 e. The lowest BCUT2D eigenvalue weighted by molar-refractivity contribution is 0.0639. The Labute approximate surface area is 111 Å². The molecule has 0 aliphatic heterocycles. The molecule has 3 N–H and O–H groups in total. The van der Waals surface area contributed by atoms with Crippen LogP contribution in [-0.2, 0) is 0 Å². The molecule has 6 nitrogen and oxygen atoms in total. The number of phenolic OH excluding ortho intramolecular Hbond substituents is 2. The SMILES string of the molecule is CN(NC(C)(C)C)C(=O)c1cc(O)c(O)cc1C=O. The lowest BCUT2D eigenvalue weighted by atomic mass is 10.1. The molecule has 0 saturated carbocycles. The molecule has 0 aliphatic carbocycles. The van der Waals surface area contributed by atoms with E-state index in [4.69, 9.17) is 0 Å². The quantitative estimate of drug-likeness (QED) is 0.435. The summed E-state index contributed by atoms with van der Waals surface area (Å²) in [7, 11) is 1.52. The Bertz CT molecular complexity index is 506. The summed E-state index contributed by atoms with van der Waals surface area (Å²) in [5.41, 5.74) is 2.63. The van der Waals surface area contributed by atoms with E-state index in [1.54, 1.807) is 0 Å². The Hall–Kier alpha value is -2.08. The average Bonchev–Trinajstić information content (AvgIpc) is 2.28. The van der Waals surface area contributed by atoms with Crippen LogP contribution in [0.5, 0.6) is 11.5 Å². The maximum absolute atomic E-state index is 12.2.